The van der Waals surface area contributed by atoms with Gasteiger partial charge >= 0.3 is 0 Å². The molecule has 0 aliphatic carbocycles. The molecular weight excluding hydrogens is 392 g/mol. The third kappa shape index (κ3) is 3.79. The minimum absolute atomic E-state index is 0.0740. The summed E-state index contributed by atoms with van der Waals surface area (Å²) in [6, 6.07) is 7.64. The molecule has 4 rings (SSSR count). The number of imidazole rings is 1. The Morgan fingerprint density at radius 1 is 1.24 bits per heavy atom. The highest BCUT2D eigenvalue weighted by Gasteiger charge is 2.38. The lowest BCUT2D eigenvalue weighted by atomic mass is 10.2. The van der Waals surface area contributed by atoms with E-state index in [0.29, 0.717) is 18.9 Å². The van der Waals surface area contributed by atoms with Gasteiger partial charge in [0.2, 0.25) is 5.91 Å². The number of ether oxygens (including phenoxy) is 1. The summed E-state index contributed by atoms with van der Waals surface area (Å²) in [7, 11) is 1.86. The predicted octanol–water partition coefficient (Wildman–Crippen LogP) is 2.25. The highest BCUT2D eigenvalue weighted by Crippen LogP contribution is 2.32. The van der Waals surface area contributed by atoms with Crippen LogP contribution in [0.2, 0.25) is 0 Å². The summed E-state index contributed by atoms with van der Waals surface area (Å²) in [6.07, 6.45) is 1.46. The zero-order valence-electron chi connectivity index (χ0n) is 16.5. The number of hydrogen-bond donors (Lipinski definition) is 0. The molecule has 3 amide bonds. The first-order chi connectivity index (χ1) is 13.8. The molecular formula is C20H22N4O4S. The van der Waals surface area contributed by atoms with Gasteiger partial charge in [0.25, 0.3) is 11.1 Å². The Labute approximate surface area is 172 Å². The number of carbonyl (C=O) groups excluding carboxylic acids is 3. The van der Waals surface area contributed by atoms with Gasteiger partial charge in [0.15, 0.2) is 0 Å². The first-order valence-electron chi connectivity index (χ1n) is 9.43. The third-order valence-electron chi connectivity index (χ3n) is 5.02. The number of rotatable bonds is 3. The zero-order chi connectivity index (χ0) is 20.7. The van der Waals surface area contributed by atoms with E-state index in [9.17, 15) is 14.4 Å². The maximum atomic E-state index is 12.8. The first-order valence-corrected chi connectivity index (χ1v) is 10.2. The molecule has 0 radical (unpaired) electrons. The monoisotopic (exact) mass is 414 g/mol. The van der Waals surface area contributed by atoms with Crippen LogP contribution in [0.5, 0.6) is 0 Å². The minimum Gasteiger partial charge on any atom is -0.372 e. The van der Waals surface area contributed by atoms with Gasteiger partial charge in [-0.1, -0.05) is 12.1 Å². The lowest BCUT2D eigenvalue weighted by molar-refractivity contribution is -0.145. The Kier molecular flexibility index (Phi) is 5.18. The average molecular weight is 414 g/mol. The van der Waals surface area contributed by atoms with Crippen molar-refractivity contribution in [2.75, 3.05) is 19.6 Å². The molecule has 152 valence electrons. The van der Waals surface area contributed by atoms with Crippen LogP contribution in [0, 0.1) is 0 Å². The number of fused-ring (bicyclic) bond motifs is 1. The molecule has 3 heterocycles. The normalized spacial score (nSPS) is 24.2. The Morgan fingerprint density at radius 3 is 2.62 bits per heavy atom. The number of aromatic nitrogens is 2. The second kappa shape index (κ2) is 7.64. The van der Waals surface area contributed by atoms with E-state index in [4.69, 9.17) is 4.74 Å². The summed E-state index contributed by atoms with van der Waals surface area (Å²) in [6.45, 7) is 4.44. The number of amides is 3. The molecule has 9 heteroatoms. The van der Waals surface area contributed by atoms with Gasteiger partial charge in [-0.2, -0.15) is 0 Å². The first kappa shape index (κ1) is 19.7. The number of morpholine rings is 1. The third-order valence-corrected chi connectivity index (χ3v) is 5.93. The number of carbonyl (C=O) groups is 3. The number of hydrogen-bond acceptors (Lipinski definition) is 6. The number of thioether (sulfide) groups is 1. The summed E-state index contributed by atoms with van der Waals surface area (Å²) in [5, 5.41) is -0.442. The quantitative estimate of drug-likeness (QED) is 0.717. The lowest BCUT2D eigenvalue weighted by Gasteiger charge is -2.35. The number of imide groups is 1. The van der Waals surface area contributed by atoms with Crippen molar-refractivity contribution in [2.24, 2.45) is 7.05 Å². The van der Waals surface area contributed by atoms with Crippen molar-refractivity contribution < 1.29 is 19.1 Å². The van der Waals surface area contributed by atoms with Crippen molar-refractivity contribution >= 4 is 45.9 Å². The molecule has 2 unspecified atom stereocenters. The van der Waals surface area contributed by atoms with E-state index in [-0.39, 0.29) is 29.6 Å². The zero-order valence-corrected chi connectivity index (χ0v) is 17.3. The smallest absolute Gasteiger partial charge is 0.294 e. The van der Waals surface area contributed by atoms with Crippen LogP contribution < -0.4 is 0 Å². The lowest BCUT2D eigenvalue weighted by Crippen LogP contribution is -2.51. The van der Waals surface area contributed by atoms with Gasteiger partial charge in [-0.3, -0.25) is 19.3 Å². The molecule has 29 heavy (non-hydrogen) atoms. The fraction of sp³-hybridized carbons (Fsp3) is 0.400. The summed E-state index contributed by atoms with van der Waals surface area (Å²) in [4.78, 5) is 45.3. The van der Waals surface area contributed by atoms with Gasteiger partial charge in [-0.05, 0) is 37.7 Å². The molecule has 0 spiro atoms. The van der Waals surface area contributed by atoms with Crippen LogP contribution in [0.4, 0.5) is 4.79 Å². The van der Waals surface area contributed by atoms with Crippen molar-refractivity contribution in [1.82, 2.24) is 19.4 Å². The maximum Gasteiger partial charge on any atom is 0.294 e. The highest BCUT2D eigenvalue weighted by molar-refractivity contribution is 8.18. The van der Waals surface area contributed by atoms with E-state index in [0.717, 1.165) is 27.7 Å². The number of aryl methyl sites for hydroxylation is 1. The van der Waals surface area contributed by atoms with Gasteiger partial charge in [0.1, 0.15) is 12.4 Å². The van der Waals surface area contributed by atoms with E-state index in [1.165, 1.54) is 0 Å². The number of para-hydroxylation sites is 2. The van der Waals surface area contributed by atoms with Crippen molar-refractivity contribution in [3.05, 3.63) is 35.0 Å². The summed E-state index contributed by atoms with van der Waals surface area (Å²) in [5.41, 5.74) is 1.75. The molecule has 2 atom stereocenters. The minimum atomic E-state index is -0.463. The van der Waals surface area contributed by atoms with Crippen LogP contribution >= 0.6 is 11.8 Å². The van der Waals surface area contributed by atoms with E-state index >= 15 is 0 Å². The topological polar surface area (TPSA) is 84.7 Å². The van der Waals surface area contributed by atoms with Gasteiger partial charge in [0, 0.05) is 26.2 Å². The molecule has 1 aromatic heterocycles. The van der Waals surface area contributed by atoms with Gasteiger partial charge in [0.05, 0.1) is 28.1 Å². The van der Waals surface area contributed by atoms with Crippen LogP contribution in [-0.4, -0.2) is 68.2 Å². The summed E-state index contributed by atoms with van der Waals surface area (Å²) in [5.74, 6) is -0.133. The largest absolute Gasteiger partial charge is 0.372 e. The molecule has 0 bridgehead atoms. The second-order valence-corrected chi connectivity index (χ2v) is 8.33. The van der Waals surface area contributed by atoms with Gasteiger partial charge < -0.3 is 14.2 Å². The van der Waals surface area contributed by atoms with Crippen LogP contribution in [0.25, 0.3) is 17.1 Å². The Bertz CT molecular complexity index is 1020. The van der Waals surface area contributed by atoms with E-state index in [1.54, 1.807) is 11.0 Å². The fourth-order valence-electron chi connectivity index (χ4n) is 3.66. The highest BCUT2D eigenvalue weighted by atomic mass is 32.2. The van der Waals surface area contributed by atoms with Crippen LogP contribution in [0.3, 0.4) is 0 Å². The fourth-order valence-corrected chi connectivity index (χ4v) is 4.47. The van der Waals surface area contributed by atoms with Gasteiger partial charge in [-0.25, -0.2) is 4.98 Å². The Hall–Kier alpha value is -2.65. The molecule has 0 saturated carbocycles. The average Bonchev–Trinajstić information content (AvgIpc) is 3.12. The van der Waals surface area contributed by atoms with E-state index in [2.05, 4.69) is 4.98 Å². The van der Waals surface area contributed by atoms with Crippen LogP contribution in [0.15, 0.2) is 29.2 Å². The summed E-state index contributed by atoms with van der Waals surface area (Å²) >= 11 is 0.835. The van der Waals surface area contributed by atoms with Crippen molar-refractivity contribution in [2.45, 2.75) is 26.1 Å². The second-order valence-electron chi connectivity index (χ2n) is 7.34. The molecule has 0 N–H and O–H groups in total. The summed E-state index contributed by atoms with van der Waals surface area (Å²) < 4.78 is 7.50. The van der Waals surface area contributed by atoms with Crippen molar-refractivity contribution in [3.63, 3.8) is 0 Å². The van der Waals surface area contributed by atoms with E-state index < -0.39 is 11.1 Å². The Morgan fingerprint density at radius 2 is 1.93 bits per heavy atom. The van der Waals surface area contributed by atoms with Gasteiger partial charge in [-0.15, -0.1) is 0 Å². The molecule has 2 fully saturated rings. The Balaban J connectivity index is 1.52. The van der Waals surface area contributed by atoms with Crippen LogP contribution in [-0.2, 0) is 21.4 Å². The molecule has 2 aliphatic rings. The molecule has 2 aliphatic heterocycles. The van der Waals surface area contributed by atoms with Crippen LogP contribution in [0.1, 0.15) is 19.7 Å². The number of nitrogens with zero attached hydrogens (tertiary/aromatic N) is 4. The van der Waals surface area contributed by atoms with E-state index in [1.807, 2.05) is 49.7 Å². The maximum absolute atomic E-state index is 12.8. The predicted molar refractivity (Wildman–Crippen MR) is 110 cm³/mol. The molecule has 2 saturated heterocycles. The molecule has 2 aromatic rings. The SMILES string of the molecule is CC1CN(C(=O)CN2C(=O)S/C(=C\c3nc4ccccc4n3C)C2=O)CC(C)O1. The molecule has 1 aromatic carbocycles. The van der Waals surface area contributed by atoms with Crippen molar-refractivity contribution in [1.29, 1.82) is 0 Å². The standard InChI is InChI=1S/C20H22N4O4S/c1-12-9-23(10-13(2)28-12)18(25)11-24-19(26)16(29-20(24)27)8-17-21-14-6-4-5-7-15(14)22(17)3/h4-8,12-13H,9-11H2,1-3H3/b16-8-. The molecule has 8 nitrogen and oxygen atoms in total. The van der Waals surface area contributed by atoms with Crippen molar-refractivity contribution in [3.8, 4) is 0 Å². The number of benzene rings is 1.